The van der Waals surface area contributed by atoms with E-state index < -0.39 is 0 Å². The molecule has 0 saturated carbocycles. The number of rotatable bonds is 1. The molecular weight excluding hydrogens is 90.1 g/mol. The summed E-state index contributed by atoms with van der Waals surface area (Å²) in [4.78, 5) is 3.58. The first-order valence-electron chi connectivity index (χ1n) is 1.91. The lowest BCUT2D eigenvalue weighted by Crippen LogP contribution is -2.05. The second-order valence-corrected chi connectivity index (χ2v) is 1.12. The Hall–Kier alpha value is -1.04. The number of aliphatic imine (C=N–C) groups is 1. The van der Waals surface area contributed by atoms with E-state index >= 15 is 0 Å². The fraction of sp³-hybridized carbons (Fsp3) is 0.500. The van der Waals surface area contributed by atoms with Gasteiger partial charge in [0.2, 0.25) is 0 Å². The van der Waals surface area contributed by atoms with Gasteiger partial charge in [-0.25, -0.2) is 0 Å². The van der Waals surface area contributed by atoms with Crippen LogP contribution in [-0.4, -0.2) is 12.4 Å². The van der Waals surface area contributed by atoms with Crippen LogP contribution in [0.2, 0.25) is 0 Å². The summed E-state index contributed by atoms with van der Waals surface area (Å²) < 4.78 is 0. The second-order valence-electron chi connectivity index (χ2n) is 1.12. The van der Waals surface area contributed by atoms with E-state index in [1.54, 1.807) is 6.92 Å². The molecular formula is C4H7N3. The van der Waals surface area contributed by atoms with Gasteiger partial charge < -0.3 is 5.73 Å². The summed E-state index contributed by atoms with van der Waals surface area (Å²) in [6, 6.07) is 1.83. The highest BCUT2D eigenvalue weighted by atomic mass is 14.8. The summed E-state index contributed by atoms with van der Waals surface area (Å²) in [5.41, 5.74) is 5.08. The van der Waals surface area contributed by atoms with Crippen molar-refractivity contribution in [1.82, 2.24) is 0 Å². The summed E-state index contributed by atoms with van der Waals surface area (Å²) in [7, 11) is 0. The summed E-state index contributed by atoms with van der Waals surface area (Å²) in [5, 5.41) is 7.90. The molecule has 38 valence electrons. The Labute approximate surface area is 42.5 Å². The van der Waals surface area contributed by atoms with Gasteiger partial charge in [-0.15, -0.1) is 0 Å². The standard InChI is InChI=1S/C4H7N3/c1-4(6)7-3-2-5/h3H2,1H3,(H2,6,7). The number of nitrogens with two attached hydrogens (primary N) is 1. The van der Waals surface area contributed by atoms with Crippen LogP contribution in [-0.2, 0) is 0 Å². The van der Waals surface area contributed by atoms with Crippen molar-refractivity contribution in [1.29, 1.82) is 5.26 Å². The summed E-state index contributed by atoms with van der Waals surface area (Å²) in [5.74, 6) is 0.460. The third-order valence-electron chi connectivity index (χ3n) is 0.399. The maximum atomic E-state index is 7.90. The second kappa shape index (κ2) is 3.16. The van der Waals surface area contributed by atoms with E-state index in [9.17, 15) is 0 Å². The average Bonchev–Trinajstić information content (AvgIpc) is 1.61. The number of hydrogen-bond donors (Lipinski definition) is 1. The Kier molecular flexibility index (Phi) is 2.69. The Morgan fingerprint density at radius 3 is 2.71 bits per heavy atom. The molecule has 0 unspecified atom stereocenters. The minimum absolute atomic E-state index is 0.169. The highest BCUT2D eigenvalue weighted by Gasteiger charge is 1.72. The molecule has 2 N–H and O–H groups in total. The van der Waals surface area contributed by atoms with Crippen LogP contribution in [0, 0.1) is 11.3 Å². The number of nitrogens with zero attached hydrogens (tertiary/aromatic N) is 2. The van der Waals surface area contributed by atoms with Crippen molar-refractivity contribution in [2.75, 3.05) is 6.54 Å². The van der Waals surface area contributed by atoms with Gasteiger partial charge in [-0.05, 0) is 6.92 Å². The van der Waals surface area contributed by atoms with Crippen LogP contribution in [0.4, 0.5) is 0 Å². The Bertz CT molecular complexity index is 105. The van der Waals surface area contributed by atoms with Crippen molar-refractivity contribution >= 4 is 5.84 Å². The summed E-state index contributed by atoms with van der Waals surface area (Å²) >= 11 is 0. The summed E-state index contributed by atoms with van der Waals surface area (Å²) in [6.07, 6.45) is 0. The minimum atomic E-state index is 0.169. The van der Waals surface area contributed by atoms with E-state index in [0.29, 0.717) is 5.84 Å². The molecule has 0 aliphatic carbocycles. The van der Waals surface area contributed by atoms with Crippen LogP contribution in [0.15, 0.2) is 4.99 Å². The van der Waals surface area contributed by atoms with Crippen molar-refractivity contribution in [2.45, 2.75) is 6.92 Å². The minimum Gasteiger partial charge on any atom is -0.388 e. The quantitative estimate of drug-likeness (QED) is 0.282. The molecule has 3 nitrogen and oxygen atoms in total. The number of hydrogen-bond acceptors (Lipinski definition) is 2. The lowest BCUT2D eigenvalue weighted by Gasteiger charge is -1.80. The Morgan fingerprint density at radius 2 is 2.57 bits per heavy atom. The topological polar surface area (TPSA) is 62.2 Å². The first-order chi connectivity index (χ1) is 3.27. The molecule has 3 heteroatoms. The van der Waals surface area contributed by atoms with Crippen LogP contribution in [0.25, 0.3) is 0 Å². The normalized spacial score (nSPS) is 10.6. The van der Waals surface area contributed by atoms with Crippen molar-refractivity contribution in [3.05, 3.63) is 0 Å². The van der Waals surface area contributed by atoms with Crippen molar-refractivity contribution < 1.29 is 0 Å². The zero-order valence-corrected chi connectivity index (χ0v) is 4.18. The average molecular weight is 97.1 g/mol. The van der Waals surface area contributed by atoms with Gasteiger partial charge in [0.1, 0.15) is 6.54 Å². The van der Waals surface area contributed by atoms with Gasteiger partial charge in [0.25, 0.3) is 0 Å². The van der Waals surface area contributed by atoms with Gasteiger partial charge in [-0.3, -0.25) is 4.99 Å². The smallest absolute Gasteiger partial charge is 0.128 e. The van der Waals surface area contributed by atoms with Gasteiger partial charge >= 0.3 is 0 Å². The molecule has 0 radical (unpaired) electrons. The van der Waals surface area contributed by atoms with E-state index in [-0.39, 0.29) is 6.54 Å². The van der Waals surface area contributed by atoms with Gasteiger partial charge in [-0.2, -0.15) is 5.26 Å². The highest BCUT2D eigenvalue weighted by molar-refractivity contribution is 5.77. The summed E-state index contributed by atoms with van der Waals surface area (Å²) in [6.45, 7) is 1.82. The van der Waals surface area contributed by atoms with Crippen LogP contribution in [0.5, 0.6) is 0 Å². The highest BCUT2D eigenvalue weighted by Crippen LogP contribution is 1.64. The monoisotopic (exact) mass is 97.1 g/mol. The first kappa shape index (κ1) is 5.96. The molecule has 0 saturated heterocycles. The Morgan fingerprint density at radius 1 is 2.00 bits per heavy atom. The van der Waals surface area contributed by atoms with Crippen molar-refractivity contribution in [3.63, 3.8) is 0 Å². The van der Waals surface area contributed by atoms with Crippen LogP contribution in [0.1, 0.15) is 6.92 Å². The fourth-order valence-electron chi connectivity index (χ4n) is 0.160. The van der Waals surface area contributed by atoms with Crippen LogP contribution in [0.3, 0.4) is 0 Å². The zero-order valence-electron chi connectivity index (χ0n) is 4.18. The molecule has 0 aromatic heterocycles. The van der Waals surface area contributed by atoms with Gasteiger partial charge in [0.15, 0.2) is 0 Å². The van der Waals surface area contributed by atoms with Crippen molar-refractivity contribution in [3.8, 4) is 6.07 Å². The molecule has 0 amide bonds. The Balaban J connectivity index is 3.32. The molecule has 0 atom stereocenters. The van der Waals surface area contributed by atoms with Gasteiger partial charge in [-0.1, -0.05) is 0 Å². The zero-order chi connectivity index (χ0) is 5.70. The molecule has 0 aromatic carbocycles. The predicted octanol–water partition coefficient (Wildman–Crippen LogP) is -0.113. The number of amidine groups is 1. The SMILES string of the molecule is CC(N)=NCC#N. The van der Waals surface area contributed by atoms with Crippen LogP contribution < -0.4 is 5.73 Å². The van der Waals surface area contributed by atoms with E-state index in [1.807, 2.05) is 6.07 Å². The first-order valence-corrected chi connectivity index (χ1v) is 1.91. The third kappa shape index (κ3) is 4.96. The van der Waals surface area contributed by atoms with E-state index in [1.165, 1.54) is 0 Å². The molecule has 0 aliphatic rings. The maximum Gasteiger partial charge on any atom is 0.128 e. The maximum absolute atomic E-state index is 7.90. The molecule has 0 bridgehead atoms. The van der Waals surface area contributed by atoms with Gasteiger partial charge in [0.05, 0.1) is 11.9 Å². The van der Waals surface area contributed by atoms with E-state index in [2.05, 4.69) is 4.99 Å². The third-order valence-corrected chi connectivity index (χ3v) is 0.399. The van der Waals surface area contributed by atoms with E-state index in [0.717, 1.165) is 0 Å². The molecule has 0 heterocycles. The lowest BCUT2D eigenvalue weighted by molar-refractivity contribution is 1.22. The van der Waals surface area contributed by atoms with Gasteiger partial charge in [0, 0.05) is 0 Å². The fourth-order valence-corrected chi connectivity index (χ4v) is 0.160. The molecule has 0 rings (SSSR count). The molecule has 0 aliphatic heterocycles. The molecule has 7 heavy (non-hydrogen) atoms. The van der Waals surface area contributed by atoms with Crippen LogP contribution >= 0.6 is 0 Å². The van der Waals surface area contributed by atoms with E-state index in [4.69, 9.17) is 11.0 Å². The lowest BCUT2D eigenvalue weighted by atomic mass is 10.7. The predicted molar refractivity (Wildman–Crippen MR) is 27.8 cm³/mol. The molecule has 0 fully saturated rings. The van der Waals surface area contributed by atoms with Crippen molar-refractivity contribution in [2.24, 2.45) is 10.7 Å². The largest absolute Gasteiger partial charge is 0.388 e. The molecule has 0 aromatic rings. The molecule has 0 spiro atoms. The number of nitriles is 1.